The van der Waals surface area contributed by atoms with Crippen LogP contribution in [-0.2, 0) is 27.7 Å². The maximum atomic E-state index is 12.2. The third-order valence-electron chi connectivity index (χ3n) is 3.98. The van der Waals surface area contributed by atoms with Gasteiger partial charge in [-0.05, 0) is 49.9 Å². The Balaban J connectivity index is 2.35. The molecule has 0 bridgehead atoms. The molecule has 1 aliphatic heterocycles. The maximum Gasteiger partial charge on any atom is 0.278 e. The van der Waals surface area contributed by atoms with Crippen LogP contribution in [0, 0.1) is 0 Å². The SMILES string of the molecule is CNS(=O)(=O)c1cc2c(c3c1CCCC3)NC(=O)/C2=N\O. The number of benzene rings is 1. The lowest BCUT2D eigenvalue weighted by Crippen LogP contribution is -2.22. The van der Waals surface area contributed by atoms with Gasteiger partial charge in [0, 0.05) is 5.56 Å². The van der Waals surface area contributed by atoms with Crippen LogP contribution < -0.4 is 10.0 Å². The van der Waals surface area contributed by atoms with Crippen molar-refractivity contribution < 1.29 is 18.4 Å². The van der Waals surface area contributed by atoms with Crippen LogP contribution in [0.25, 0.3) is 0 Å². The molecule has 21 heavy (non-hydrogen) atoms. The highest BCUT2D eigenvalue weighted by molar-refractivity contribution is 7.89. The molecule has 0 saturated heterocycles. The monoisotopic (exact) mass is 309 g/mol. The first-order valence-corrected chi connectivity index (χ1v) is 8.14. The van der Waals surface area contributed by atoms with Crippen molar-refractivity contribution >= 4 is 27.3 Å². The average molecular weight is 309 g/mol. The molecule has 1 aromatic rings. The lowest BCUT2D eigenvalue weighted by Gasteiger charge is -2.22. The normalized spacial score (nSPS) is 19.3. The van der Waals surface area contributed by atoms with E-state index in [1.807, 2.05) is 0 Å². The summed E-state index contributed by atoms with van der Waals surface area (Å²) in [5.74, 6) is -0.515. The number of carbonyl (C=O) groups excluding carboxylic acids is 1. The van der Waals surface area contributed by atoms with Gasteiger partial charge in [-0.25, -0.2) is 13.1 Å². The highest BCUT2D eigenvalue weighted by Crippen LogP contribution is 2.38. The summed E-state index contributed by atoms with van der Waals surface area (Å²) in [6, 6.07) is 1.41. The molecule has 0 saturated carbocycles. The number of fused-ring (bicyclic) bond motifs is 3. The number of sulfonamides is 1. The number of rotatable bonds is 2. The first-order chi connectivity index (χ1) is 9.99. The van der Waals surface area contributed by atoms with E-state index in [1.165, 1.54) is 13.1 Å². The standard InChI is InChI=1S/C13H15N3O4S/c1-14-21(19,20)10-6-9-11(15-13(17)12(9)16-18)8-5-3-2-4-7(8)10/h6,14,18H,2-5H2,1H3,(H,15,16,17). The lowest BCUT2D eigenvalue weighted by molar-refractivity contribution is -0.110. The first-order valence-electron chi connectivity index (χ1n) is 6.65. The van der Waals surface area contributed by atoms with Gasteiger partial charge >= 0.3 is 0 Å². The number of hydrogen-bond acceptors (Lipinski definition) is 5. The van der Waals surface area contributed by atoms with Crippen LogP contribution in [0.4, 0.5) is 5.69 Å². The van der Waals surface area contributed by atoms with Crippen molar-refractivity contribution in [2.24, 2.45) is 5.16 Å². The van der Waals surface area contributed by atoms with E-state index in [0.29, 0.717) is 24.1 Å². The Morgan fingerprint density at radius 2 is 1.95 bits per heavy atom. The number of hydrogen-bond donors (Lipinski definition) is 3. The minimum absolute atomic E-state index is 0.147. The van der Waals surface area contributed by atoms with E-state index >= 15 is 0 Å². The number of nitrogens with zero attached hydrogens (tertiary/aromatic N) is 1. The second-order valence-corrected chi connectivity index (χ2v) is 6.93. The molecule has 1 aliphatic carbocycles. The fourth-order valence-corrected chi connectivity index (χ4v) is 4.02. The Bertz CT molecular complexity index is 768. The minimum atomic E-state index is -3.64. The van der Waals surface area contributed by atoms with Gasteiger partial charge in [-0.3, -0.25) is 4.79 Å². The van der Waals surface area contributed by atoms with Crippen molar-refractivity contribution in [3.63, 3.8) is 0 Å². The predicted molar refractivity (Wildman–Crippen MR) is 76.3 cm³/mol. The van der Waals surface area contributed by atoms with Crippen molar-refractivity contribution in [3.8, 4) is 0 Å². The third-order valence-corrected chi connectivity index (χ3v) is 5.46. The number of oxime groups is 1. The van der Waals surface area contributed by atoms with E-state index < -0.39 is 15.9 Å². The molecule has 0 radical (unpaired) electrons. The fourth-order valence-electron chi connectivity index (χ4n) is 2.98. The zero-order valence-electron chi connectivity index (χ0n) is 11.4. The summed E-state index contributed by atoms with van der Waals surface area (Å²) in [6.07, 6.45) is 3.20. The second kappa shape index (κ2) is 4.81. The van der Waals surface area contributed by atoms with Crippen LogP contribution >= 0.6 is 0 Å². The molecular formula is C13H15N3O4S. The first kappa shape index (κ1) is 14.0. The van der Waals surface area contributed by atoms with E-state index in [-0.39, 0.29) is 10.6 Å². The van der Waals surface area contributed by atoms with Gasteiger partial charge in [-0.1, -0.05) is 5.16 Å². The molecule has 0 atom stereocenters. The van der Waals surface area contributed by atoms with Crippen LogP contribution in [-0.4, -0.2) is 32.3 Å². The zero-order chi connectivity index (χ0) is 15.2. The predicted octanol–water partition coefficient (Wildman–Crippen LogP) is 0.604. The van der Waals surface area contributed by atoms with Gasteiger partial charge in [0.05, 0.1) is 10.6 Å². The van der Waals surface area contributed by atoms with Gasteiger partial charge in [0.1, 0.15) is 0 Å². The Morgan fingerprint density at radius 1 is 1.29 bits per heavy atom. The summed E-state index contributed by atoms with van der Waals surface area (Å²) in [5, 5.41) is 14.7. The molecule has 8 heteroatoms. The van der Waals surface area contributed by atoms with Crippen LogP contribution in [0.15, 0.2) is 16.1 Å². The Morgan fingerprint density at radius 3 is 2.57 bits per heavy atom. The summed E-state index contributed by atoms with van der Waals surface area (Å²) in [7, 11) is -2.29. The van der Waals surface area contributed by atoms with Crippen LogP contribution in [0.2, 0.25) is 0 Å². The van der Waals surface area contributed by atoms with Crippen LogP contribution in [0.1, 0.15) is 29.5 Å². The molecule has 1 aromatic carbocycles. The quantitative estimate of drug-likeness (QED) is 0.549. The number of amides is 1. The van der Waals surface area contributed by atoms with Gasteiger partial charge in [0.2, 0.25) is 10.0 Å². The van der Waals surface area contributed by atoms with Gasteiger partial charge < -0.3 is 10.5 Å². The van der Waals surface area contributed by atoms with E-state index in [2.05, 4.69) is 15.2 Å². The van der Waals surface area contributed by atoms with Crippen molar-refractivity contribution in [2.45, 2.75) is 30.6 Å². The van der Waals surface area contributed by atoms with E-state index in [9.17, 15) is 13.2 Å². The number of carbonyl (C=O) groups is 1. The van der Waals surface area contributed by atoms with Crippen LogP contribution in [0.5, 0.6) is 0 Å². The van der Waals surface area contributed by atoms with Gasteiger partial charge in [-0.15, -0.1) is 0 Å². The Labute approximate surface area is 122 Å². The lowest BCUT2D eigenvalue weighted by atomic mass is 9.88. The fraction of sp³-hybridized carbons (Fsp3) is 0.385. The second-order valence-electron chi connectivity index (χ2n) is 5.07. The molecule has 3 N–H and O–H groups in total. The van der Waals surface area contributed by atoms with E-state index in [1.54, 1.807) is 0 Å². The maximum absolute atomic E-state index is 12.2. The zero-order valence-corrected chi connectivity index (χ0v) is 12.2. The topological polar surface area (TPSA) is 108 Å². The third kappa shape index (κ3) is 2.02. The summed E-state index contributed by atoms with van der Waals surface area (Å²) < 4.78 is 26.8. The largest absolute Gasteiger partial charge is 0.410 e. The summed E-state index contributed by atoms with van der Waals surface area (Å²) in [6.45, 7) is 0. The molecule has 0 unspecified atom stereocenters. The van der Waals surface area contributed by atoms with E-state index in [4.69, 9.17) is 5.21 Å². The molecular weight excluding hydrogens is 294 g/mol. The highest BCUT2D eigenvalue weighted by Gasteiger charge is 2.34. The number of nitrogens with one attached hydrogen (secondary N) is 2. The van der Waals surface area contributed by atoms with Crippen LogP contribution in [0.3, 0.4) is 0 Å². The molecule has 0 aromatic heterocycles. The van der Waals surface area contributed by atoms with Crippen molar-refractivity contribution in [1.82, 2.24) is 4.72 Å². The average Bonchev–Trinajstić information content (AvgIpc) is 2.81. The molecule has 1 amide bonds. The molecule has 0 fully saturated rings. The summed E-state index contributed by atoms with van der Waals surface area (Å²) >= 11 is 0. The molecule has 1 heterocycles. The molecule has 0 spiro atoms. The summed E-state index contributed by atoms with van der Waals surface area (Å²) in [4.78, 5) is 12.0. The molecule has 112 valence electrons. The van der Waals surface area contributed by atoms with Gasteiger partial charge in [0.15, 0.2) is 5.71 Å². The van der Waals surface area contributed by atoms with Crippen molar-refractivity contribution in [3.05, 3.63) is 22.8 Å². The molecule has 3 rings (SSSR count). The van der Waals surface area contributed by atoms with E-state index in [0.717, 1.165) is 24.0 Å². The Hall–Kier alpha value is -1.93. The molecule has 7 nitrogen and oxygen atoms in total. The smallest absolute Gasteiger partial charge is 0.278 e. The summed E-state index contributed by atoms with van der Waals surface area (Å²) in [5.41, 5.74) is 2.36. The van der Waals surface area contributed by atoms with Gasteiger partial charge in [0.25, 0.3) is 5.91 Å². The van der Waals surface area contributed by atoms with Crippen molar-refractivity contribution in [2.75, 3.05) is 12.4 Å². The van der Waals surface area contributed by atoms with Gasteiger partial charge in [-0.2, -0.15) is 0 Å². The minimum Gasteiger partial charge on any atom is -0.410 e. The highest BCUT2D eigenvalue weighted by atomic mass is 32.2. The molecule has 2 aliphatic rings. The Kier molecular flexibility index (Phi) is 3.22. The number of anilines is 1. The van der Waals surface area contributed by atoms with Crippen molar-refractivity contribution in [1.29, 1.82) is 0 Å².